The minimum absolute atomic E-state index is 0.0471. The first-order valence-corrected chi connectivity index (χ1v) is 5.43. The first-order valence-electron chi connectivity index (χ1n) is 5.43. The van der Waals surface area contributed by atoms with Crippen molar-refractivity contribution < 1.29 is 19.4 Å². The Bertz CT molecular complexity index is 582. The zero-order chi connectivity index (χ0) is 13.8. The lowest BCUT2D eigenvalue weighted by molar-refractivity contribution is 0.0691. The van der Waals surface area contributed by atoms with E-state index in [1.54, 1.807) is 0 Å². The Balaban J connectivity index is 2.36. The molecule has 1 aromatic heterocycles. The van der Waals surface area contributed by atoms with Crippen LogP contribution < -0.4 is 5.32 Å². The molecule has 2 aromatic rings. The van der Waals surface area contributed by atoms with E-state index in [4.69, 9.17) is 10.2 Å². The van der Waals surface area contributed by atoms with Crippen LogP contribution in [0.5, 0.6) is 0 Å². The molecule has 0 amide bonds. The third kappa shape index (κ3) is 2.86. The van der Waals surface area contributed by atoms with Crippen molar-refractivity contribution in [3.05, 3.63) is 35.8 Å². The Morgan fingerprint density at radius 3 is 2.58 bits per heavy atom. The number of carboxylic acid groups (broad SMARTS) is 1. The fourth-order valence-electron chi connectivity index (χ4n) is 1.43. The van der Waals surface area contributed by atoms with Crippen molar-refractivity contribution in [1.82, 2.24) is 15.0 Å². The van der Waals surface area contributed by atoms with Crippen molar-refractivity contribution in [2.75, 3.05) is 18.5 Å². The molecule has 0 aliphatic carbocycles. The lowest BCUT2D eigenvalue weighted by Crippen LogP contribution is -2.09. The molecule has 0 aliphatic heterocycles. The standard InChI is InChI=1S/C11H11FN4O3/c12-7-1-3-8(4-2-7)16-14-9(11(18)19)10(15-16)13-5-6-17/h1-4,17H,5-6H2,(H,13,15)(H,18,19). The fourth-order valence-corrected chi connectivity index (χ4v) is 1.43. The van der Waals surface area contributed by atoms with Gasteiger partial charge in [0.15, 0.2) is 5.82 Å². The molecule has 0 fully saturated rings. The number of carboxylic acids is 1. The molecule has 0 saturated carbocycles. The first-order chi connectivity index (χ1) is 9.11. The largest absolute Gasteiger partial charge is 0.476 e. The van der Waals surface area contributed by atoms with Gasteiger partial charge in [0, 0.05) is 6.54 Å². The lowest BCUT2D eigenvalue weighted by Gasteiger charge is -1.99. The molecule has 0 bridgehead atoms. The molecule has 0 radical (unpaired) electrons. The molecule has 1 aromatic carbocycles. The van der Waals surface area contributed by atoms with E-state index in [-0.39, 0.29) is 24.7 Å². The van der Waals surface area contributed by atoms with E-state index in [0.29, 0.717) is 5.69 Å². The zero-order valence-electron chi connectivity index (χ0n) is 9.75. The molecule has 0 aliphatic rings. The molecular weight excluding hydrogens is 255 g/mol. The number of hydrogen-bond acceptors (Lipinski definition) is 5. The maximum absolute atomic E-state index is 12.8. The van der Waals surface area contributed by atoms with Crippen LogP contribution in [0, 0.1) is 5.82 Å². The second-order valence-corrected chi connectivity index (χ2v) is 3.62. The Hall–Kier alpha value is -2.48. The van der Waals surface area contributed by atoms with Gasteiger partial charge in [-0.15, -0.1) is 15.0 Å². The van der Waals surface area contributed by atoms with E-state index in [2.05, 4.69) is 15.5 Å². The number of benzene rings is 1. The highest BCUT2D eigenvalue weighted by molar-refractivity contribution is 5.90. The monoisotopic (exact) mass is 266 g/mol. The van der Waals surface area contributed by atoms with Crippen molar-refractivity contribution in [2.24, 2.45) is 0 Å². The van der Waals surface area contributed by atoms with Gasteiger partial charge in [0.1, 0.15) is 5.82 Å². The predicted octanol–water partition coefficient (Wildman–Crippen LogP) is 0.509. The fraction of sp³-hybridized carbons (Fsp3) is 0.182. The summed E-state index contributed by atoms with van der Waals surface area (Å²) in [6, 6.07) is 5.30. The minimum atomic E-state index is -1.24. The molecular formula is C11H11FN4O3. The average Bonchev–Trinajstić information content (AvgIpc) is 2.81. The van der Waals surface area contributed by atoms with Gasteiger partial charge in [-0.1, -0.05) is 0 Å². The number of aromatic nitrogens is 3. The molecule has 3 N–H and O–H groups in total. The van der Waals surface area contributed by atoms with Crippen LogP contribution in [-0.4, -0.2) is 44.3 Å². The summed E-state index contributed by atoms with van der Waals surface area (Å²) in [5, 5.41) is 28.1. The third-order valence-electron chi connectivity index (χ3n) is 2.28. The normalized spacial score (nSPS) is 10.4. The topological polar surface area (TPSA) is 100 Å². The molecule has 0 saturated heterocycles. The summed E-state index contributed by atoms with van der Waals surface area (Å²) in [5.41, 5.74) is 0.165. The molecule has 0 unspecified atom stereocenters. The molecule has 0 atom stereocenters. The highest BCUT2D eigenvalue weighted by atomic mass is 19.1. The van der Waals surface area contributed by atoms with Gasteiger partial charge in [0.25, 0.3) is 0 Å². The summed E-state index contributed by atoms with van der Waals surface area (Å²) in [7, 11) is 0. The Labute approximate surface area is 107 Å². The number of nitrogens with one attached hydrogen (secondary N) is 1. The lowest BCUT2D eigenvalue weighted by atomic mass is 10.3. The van der Waals surface area contributed by atoms with E-state index in [1.165, 1.54) is 24.3 Å². The van der Waals surface area contributed by atoms with Crippen molar-refractivity contribution in [2.45, 2.75) is 0 Å². The van der Waals surface area contributed by atoms with Crippen molar-refractivity contribution in [3.8, 4) is 5.69 Å². The SMILES string of the molecule is O=C(O)c1nn(-c2ccc(F)cc2)nc1NCCO. The highest BCUT2D eigenvalue weighted by Crippen LogP contribution is 2.13. The number of halogens is 1. The van der Waals surface area contributed by atoms with E-state index in [1.807, 2.05) is 0 Å². The summed E-state index contributed by atoms with van der Waals surface area (Å²) in [4.78, 5) is 12.1. The summed E-state index contributed by atoms with van der Waals surface area (Å²) in [6.45, 7) is -0.00907. The van der Waals surface area contributed by atoms with Crippen LogP contribution in [0.4, 0.5) is 10.2 Å². The van der Waals surface area contributed by atoms with Crippen LogP contribution in [0.15, 0.2) is 24.3 Å². The molecule has 0 spiro atoms. The number of hydrogen-bond donors (Lipinski definition) is 3. The van der Waals surface area contributed by atoms with Gasteiger partial charge in [-0.25, -0.2) is 9.18 Å². The van der Waals surface area contributed by atoms with E-state index < -0.39 is 11.8 Å². The Morgan fingerprint density at radius 1 is 1.32 bits per heavy atom. The quantitative estimate of drug-likeness (QED) is 0.729. The van der Waals surface area contributed by atoms with Gasteiger partial charge in [0.2, 0.25) is 5.69 Å². The number of anilines is 1. The van der Waals surface area contributed by atoms with E-state index >= 15 is 0 Å². The molecule has 100 valence electrons. The molecule has 19 heavy (non-hydrogen) atoms. The van der Waals surface area contributed by atoms with Gasteiger partial charge >= 0.3 is 5.97 Å². The van der Waals surface area contributed by atoms with Crippen LogP contribution in [-0.2, 0) is 0 Å². The van der Waals surface area contributed by atoms with Crippen LogP contribution in [0.1, 0.15) is 10.5 Å². The summed E-state index contributed by atoms with van der Waals surface area (Å²) < 4.78 is 12.8. The van der Waals surface area contributed by atoms with Gasteiger partial charge in [0.05, 0.1) is 12.3 Å². The molecule has 8 heteroatoms. The number of carbonyl (C=O) groups is 1. The number of rotatable bonds is 5. The summed E-state index contributed by atoms with van der Waals surface area (Å²) in [6.07, 6.45) is 0. The van der Waals surface area contributed by atoms with Crippen LogP contribution in [0.3, 0.4) is 0 Å². The van der Waals surface area contributed by atoms with E-state index in [9.17, 15) is 9.18 Å². The van der Waals surface area contributed by atoms with Gasteiger partial charge in [-0.05, 0) is 24.3 Å². The van der Waals surface area contributed by atoms with Crippen molar-refractivity contribution in [1.29, 1.82) is 0 Å². The second kappa shape index (κ2) is 5.44. The Morgan fingerprint density at radius 2 is 2.00 bits per heavy atom. The maximum atomic E-state index is 12.8. The van der Waals surface area contributed by atoms with Gasteiger partial charge in [-0.2, -0.15) is 0 Å². The van der Waals surface area contributed by atoms with Crippen LogP contribution in [0.2, 0.25) is 0 Å². The number of nitrogens with zero attached hydrogens (tertiary/aromatic N) is 3. The maximum Gasteiger partial charge on any atom is 0.360 e. The molecule has 2 rings (SSSR count). The van der Waals surface area contributed by atoms with Gasteiger partial charge < -0.3 is 15.5 Å². The third-order valence-corrected chi connectivity index (χ3v) is 2.28. The molecule has 7 nitrogen and oxygen atoms in total. The number of aliphatic hydroxyl groups is 1. The Kier molecular flexibility index (Phi) is 3.71. The molecule has 1 heterocycles. The zero-order valence-corrected chi connectivity index (χ0v) is 9.75. The average molecular weight is 266 g/mol. The first kappa shape index (κ1) is 13.0. The van der Waals surface area contributed by atoms with Crippen LogP contribution in [0.25, 0.3) is 5.69 Å². The van der Waals surface area contributed by atoms with Crippen LogP contribution >= 0.6 is 0 Å². The summed E-state index contributed by atoms with van der Waals surface area (Å²) >= 11 is 0. The second-order valence-electron chi connectivity index (χ2n) is 3.62. The summed E-state index contributed by atoms with van der Waals surface area (Å²) in [5.74, 6) is -1.60. The number of aliphatic hydroxyl groups excluding tert-OH is 1. The van der Waals surface area contributed by atoms with E-state index in [0.717, 1.165) is 4.80 Å². The highest BCUT2D eigenvalue weighted by Gasteiger charge is 2.18. The smallest absolute Gasteiger partial charge is 0.360 e. The predicted molar refractivity (Wildman–Crippen MR) is 63.9 cm³/mol. The number of aromatic carboxylic acids is 1. The van der Waals surface area contributed by atoms with Crippen molar-refractivity contribution >= 4 is 11.8 Å². The minimum Gasteiger partial charge on any atom is -0.476 e. The van der Waals surface area contributed by atoms with Gasteiger partial charge in [-0.3, -0.25) is 0 Å². The van der Waals surface area contributed by atoms with Crippen molar-refractivity contribution in [3.63, 3.8) is 0 Å².